The molecule has 0 spiro atoms. The maximum absolute atomic E-state index is 12.4. The molecule has 1 heteroatoms. The number of hydrogen-bond donors (Lipinski definition) is 0. The van der Waals surface area contributed by atoms with Gasteiger partial charge >= 0.3 is 0 Å². The summed E-state index contributed by atoms with van der Waals surface area (Å²) in [6, 6.07) is 6.16. The fraction of sp³-hybridized carbons (Fsp3) is 0.562. The Morgan fingerprint density at radius 2 is 1.71 bits per heavy atom. The zero-order valence-electron chi connectivity index (χ0n) is 10.7. The molecule has 0 N–H and O–H groups in total. The van der Waals surface area contributed by atoms with Gasteiger partial charge < -0.3 is 0 Å². The van der Waals surface area contributed by atoms with Gasteiger partial charge in [0.05, 0.1) is 0 Å². The van der Waals surface area contributed by atoms with Gasteiger partial charge in [-0.2, -0.15) is 0 Å². The molecule has 1 aromatic rings. The summed E-state index contributed by atoms with van der Waals surface area (Å²) in [7, 11) is 0. The molecule has 0 radical (unpaired) electrons. The van der Waals surface area contributed by atoms with Crippen LogP contribution in [0.4, 0.5) is 0 Å². The fourth-order valence-corrected chi connectivity index (χ4v) is 3.47. The van der Waals surface area contributed by atoms with Gasteiger partial charge in [0.1, 0.15) is 0 Å². The Morgan fingerprint density at radius 3 is 2.29 bits per heavy atom. The minimum absolute atomic E-state index is 0.361. The Balaban J connectivity index is 1.80. The minimum Gasteiger partial charge on any atom is -0.294 e. The highest BCUT2D eigenvalue weighted by atomic mass is 16.1. The van der Waals surface area contributed by atoms with Crippen LogP contribution in [0.25, 0.3) is 0 Å². The van der Waals surface area contributed by atoms with E-state index in [1.165, 1.54) is 36.8 Å². The van der Waals surface area contributed by atoms with Crippen molar-refractivity contribution in [1.29, 1.82) is 0 Å². The summed E-state index contributed by atoms with van der Waals surface area (Å²) in [5.41, 5.74) is 3.45. The Labute approximate surface area is 103 Å². The van der Waals surface area contributed by atoms with Crippen molar-refractivity contribution >= 4 is 5.78 Å². The molecular formula is C16H20O. The predicted molar refractivity (Wildman–Crippen MR) is 69.2 cm³/mol. The molecule has 17 heavy (non-hydrogen) atoms. The Kier molecular flexibility index (Phi) is 2.57. The summed E-state index contributed by atoms with van der Waals surface area (Å²) in [6.07, 6.45) is 5.23. The van der Waals surface area contributed by atoms with Crippen LogP contribution in [0.15, 0.2) is 18.2 Å². The summed E-state index contributed by atoms with van der Waals surface area (Å²) in [6.45, 7) is 4.19. The highest BCUT2D eigenvalue weighted by Crippen LogP contribution is 2.56. The lowest BCUT2D eigenvalue weighted by atomic mass is 10.00. The number of aryl methyl sites for hydroxylation is 2. The lowest BCUT2D eigenvalue weighted by molar-refractivity contribution is 0.0956. The summed E-state index contributed by atoms with van der Waals surface area (Å²) < 4.78 is 0. The van der Waals surface area contributed by atoms with E-state index in [4.69, 9.17) is 0 Å². The van der Waals surface area contributed by atoms with E-state index in [0.717, 1.165) is 17.4 Å². The lowest BCUT2D eigenvalue weighted by Crippen LogP contribution is -2.04. The summed E-state index contributed by atoms with van der Waals surface area (Å²) in [4.78, 5) is 12.4. The van der Waals surface area contributed by atoms with Gasteiger partial charge in [0.2, 0.25) is 0 Å². The van der Waals surface area contributed by atoms with Gasteiger partial charge in [-0.15, -0.1) is 0 Å². The topological polar surface area (TPSA) is 17.1 Å². The summed E-state index contributed by atoms with van der Waals surface area (Å²) in [5, 5.41) is 0. The van der Waals surface area contributed by atoms with E-state index in [9.17, 15) is 4.79 Å². The third kappa shape index (κ3) is 1.82. The molecule has 2 aliphatic rings. The molecule has 0 aromatic heterocycles. The second-order valence-electron chi connectivity index (χ2n) is 5.80. The number of fused-ring (bicyclic) bond motifs is 1. The molecule has 0 heterocycles. The molecular weight excluding hydrogens is 208 g/mol. The average Bonchev–Trinajstić information content (AvgIpc) is 3.06. The summed E-state index contributed by atoms with van der Waals surface area (Å²) in [5.74, 6) is 2.21. The summed E-state index contributed by atoms with van der Waals surface area (Å²) >= 11 is 0. The first-order valence-corrected chi connectivity index (χ1v) is 6.80. The molecule has 2 unspecified atom stereocenters. The van der Waals surface area contributed by atoms with E-state index in [0.29, 0.717) is 11.7 Å². The highest BCUT2D eigenvalue weighted by Gasteiger charge is 2.54. The van der Waals surface area contributed by atoms with Crippen molar-refractivity contribution in [3.05, 3.63) is 34.9 Å². The zero-order valence-corrected chi connectivity index (χ0v) is 10.7. The number of Topliss-reactive ketones (excluding diaryl/α,β-unsaturated/α-hetero) is 1. The van der Waals surface area contributed by atoms with Crippen molar-refractivity contribution in [2.75, 3.05) is 0 Å². The molecule has 2 saturated carbocycles. The quantitative estimate of drug-likeness (QED) is 0.701. The standard InChI is InChI=1S/C16H20O/c1-10-7-8-12(9-11(10)2)16(17)15-13-5-3-4-6-14(13)15/h7-9,13-15H,3-6H2,1-2H3. The van der Waals surface area contributed by atoms with Crippen molar-refractivity contribution in [2.45, 2.75) is 39.5 Å². The van der Waals surface area contributed by atoms with E-state index in [2.05, 4.69) is 26.0 Å². The van der Waals surface area contributed by atoms with Crippen LogP contribution in [0.1, 0.15) is 47.2 Å². The maximum atomic E-state index is 12.4. The number of benzene rings is 1. The van der Waals surface area contributed by atoms with Crippen molar-refractivity contribution in [3.8, 4) is 0 Å². The van der Waals surface area contributed by atoms with Gasteiger partial charge in [-0.1, -0.05) is 25.0 Å². The van der Waals surface area contributed by atoms with Crippen LogP contribution in [0, 0.1) is 31.6 Å². The average molecular weight is 228 g/mol. The van der Waals surface area contributed by atoms with Crippen molar-refractivity contribution in [3.63, 3.8) is 0 Å². The van der Waals surface area contributed by atoms with Gasteiger partial charge in [-0.3, -0.25) is 4.79 Å². The molecule has 3 rings (SSSR count). The van der Waals surface area contributed by atoms with Gasteiger partial charge in [-0.05, 0) is 55.7 Å². The first-order chi connectivity index (χ1) is 8.18. The van der Waals surface area contributed by atoms with Crippen molar-refractivity contribution in [2.24, 2.45) is 17.8 Å². The Morgan fingerprint density at radius 1 is 1.06 bits per heavy atom. The number of ketones is 1. The molecule has 1 aromatic carbocycles. The van der Waals surface area contributed by atoms with Gasteiger partial charge in [0.15, 0.2) is 5.78 Å². The molecule has 1 nitrogen and oxygen atoms in total. The van der Waals surface area contributed by atoms with Crippen molar-refractivity contribution < 1.29 is 4.79 Å². The predicted octanol–water partition coefficient (Wildman–Crippen LogP) is 3.92. The van der Waals surface area contributed by atoms with Crippen LogP contribution in [0.5, 0.6) is 0 Å². The SMILES string of the molecule is Cc1ccc(C(=O)C2C3CCCCC32)cc1C. The molecule has 0 bridgehead atoms. The monoisotopic (exact) mass is 228 g/mol. The van der Waals surface area contributed by atoms with Gasteiger partial charge in [0, 0.05) is 11.5 Å². The van der Waals surface area contributed by atoms with Crippen LogP contribution in [-0.4, -0.2) is 5.78 Å². The number of rotatable bonds is 2. The smallest absolute Gasteiger partial charge is 0.166 e. The lowest BCUT2D eigenvalue weighted by Gasteiger charge is -2.04. The molecule has 2 aliphatic carbocycles. The number of carbonyl (C=O) groups is 1. The second-order valence-corrected chi connectivity index (χ2v) is 5.80. The second kappa shape index (κ2) is 3.97. The first-order valence-electron chi connectivity index (χ1n) is 6.80. The van der Waals surface area contributed by atoms with Gasteiger partial charge in [-0.25, -0.2) is 0 Å². The molecule has 2 atom stereocenters. The van der Waals surface area contributed by atoms with E-state index >= 15 is 0 Å². The highest BCUT2D eigenvalue weighted by molar-refractivity contribution is 6.00. The third-order valence-electron chi connectivity index (χ3n) is 4.75. The molecule has 90 valence electrons. The number of carbonyl (C=O) groups excluding carboxylic acids is 1. The first kappa shape index (κ1) is 11.0. The Hall–Kier alpha value is -1.11. The van der Waals surface area contributed by atoms with Crippen molar-refractivity contribution in [1.82, 2.24) is 0 Å². The third-order valence-corrected chi connectivity index (χ3v) is 4.75. The molecule has 0 saturated heterocycles. The number of hydrogen-bond acceptors (Lipinski definition) is 1. The fourth-order valence-electron chi connectivity index (χ4n) is 3.47. The normalized spacial score (nSPS) is 30.8. The minimum atomic E-state index is 0.361. The van der Waals surface area contributed by atoms with Crippen LogP contribution < -0.4 is 0 Å². The van der Waals surface area contributed by atoms with Gasteiger partial charge in [0.25, 0.3) is 0 Å². The largest absolute Gasteiger partial charge is 0.294 e. The van der Waals surface area contributed by atoms with Crippen LogP contribution in [-0.2, 0) is 0 Å². The van der Waals surface area contributed by atoms with Crippen LogP contribution >= 0.6 is 0 Å². The van der Waals surface area contributed by atoms with E-state index in [-0.39, 0.29) is 0 Å². The van der Waals surface area contributed by atoms with E-state index < -0.39 is 0 Å². The van der Waals surface area contributed by atoms with Crippen LogP contribution in [0.2, 0.25) is 0 Å². The van der Waals surface area contributed by atoms with Crippen LogP contribution in [0.3, 0.4) is 0 Å². The Bertz CT molecular complexity index is 449. The van der Waals surface area contributed by atoms with E-state index in [1.807, 2.05) is 6.07 Å². The molecule has 0 amide bonds. The molecule has 2 fully saturated rings. The maximum Gasteiger partial charge on any atom is 0.166 e. The van der Waals surface area contributed by atoms with E-state index in [1.54, 1.807) is 0 Å². The zero-order chi connectivity index (χ0) is 12.0. The molecule has 0 aliphatic heterocycles.